The number of rotatable bonds is 4. The van der Waals surface area contributed by atoms with E-state index in [0.717, 1.165) is 25.2 Å². The lowest BCUT2D eigenvalue weighted by atomic mass is 10.1. The summed E-state index contributed by atoms with van der Waals surface area (Å²) in [5.74, 6) is 1.12. The van der Waals surface area contributed by atoms with Gasteiger partial charge in [0.1, 0.15) is 17.2 Å². The number of benzene rings is 2. The van der Waals surface area contributed by atoms with Gasteiger partial charge in [0.05, 0.1) is 5.56 Å². The van der Waals surface area contributed by atoms with E-state index in [4.69, 9.17) is 9.47 Å². The Bertz CT molecular complexity index is 900. The predicted octanol–water partition coefficient (Wildman–Crippen LogP) is 6.34. The smallest absolute Gasteiger partial charge is 0.416 e. The monoisotopic (exact) mass is 462 g/mol. The van der Waals surface area contributed by atoms with Crippen molar-refractivity contribution in [3.63, 3.8) is 0 Å². The van der Waals surface area contributed by atoms with Crippen molar-refractivity contribution >= 4 is 6.09 Å². The first-order valence-corrected chi connectivity index (χ1v) is 11.5. The molecule has 0 N–H and O–H groups in total. The summed E-state index contributed by atoms with van der Waals surface area (Å²) in [7, 11) is 0. The second kappa shape index (κ2) is 10.5. The molecule has 0 unspecified atom stereocenters. The Morgan fingerprint density at radius 1 is 0.758 bits per heavy atom. The van der Waals surface area contributed by atoms with Crippen LogP contribution in [0.4, 0.5) is 18.0 Å². The number of nitrogens with zero attached hydrogens (tertiary/aromatic N) is 2. The Balaban J connectivity index is 1.25. The first-order chi connectivity index (χ1) is 15.9. The molecule has 1 heterocycles. The van der Waals surface area contributed by atoms with Gasteiger partial charge in [-0.05, 0) is 61.4 Å². The largest absolute Gasteiger partial charge is 0.457 e. The van der Waals surface area contributed by atoms with Gasteiger partial charge in [0.15, 0.2) is 0 Å². The molecule has 2 aliphatic rings. The second-order valence-corrected chi connectivity index (χ2v) is 8.63. The van der Waals surface area contributed by atoms with Crippen LogP contribution in [0.1, 0.15) is 44.1 Å². The third-order valence-electron chi connectivity index (χ3n) is 6.36. The fourth-order valence-corrected chi connectivity index (χ4v) is 4.48. The molecule has 2 aromatic carbocycles. The van der Waals surface area contributed by atoms with Crippen molar-refractivity contribution in [2.24, 2.45) is 0 Å². The highest BCUT2D eigenvalue weighted by molar-refractivity contribution is 5.70. The lowest BCUT2D eigenvalue weighted by molar-refractivity contribution is -0.137. The number of ether oxygens (including phenoxy) is 2. The molecule has 1 amide bonds. The average Bonchev–Trinajstić information content (AvgIpc) is 3.10. The van der Waals surface area contributed by atoms with Gasteiger partial charge in [-0.15, -0.1) is 0 Å². The number of carbonyl (C=O) groups is 1. The molecule has 178 valence electrons. The van der Waals surface area contributed by atoms with Crippen molar-refractivity contribution in [2.45, 2.75) is 50.7 Å². The van der Waals surface area contributed by atoms with E-state index in [0.29, 0.717) is 36.4 Å². The molecule has 1 aliphatic carbocycles. The molecule has 1 aliphatic heterocycles. The minimum absolute atomic E-state index is 0.291. The Hall–Kier alpha value is -2.74. The minimum atomic E-state index is -4.38. The molecule has 0 spiro atoms. The summed E-state index contributed by atoms with van der Waals surface area (Å²) in [4.78, 5) is 16.8. The van der Waals surface area contributed by atoms with Crippen LogP contribution in [-0.4, -0.2) is 48.1 Å². The number of carbonyl (C=O) groups excluding carboxylic acids is 1. The third-order valence-corrected chi connectivity index (χ3v) is 6.36. The van der Waals surface area contributed by atoms with Crippen LogP contribution in [0.2, 0.25) is 0 Å². The minimum Gasteiger partial charge on any atom is -0.457 e. The molecule has 2 fully saturated rings. The summed E-state index contributed by atoms with van der Waals surface area (Å²) in [5.41, 5.74) is -0.729. The molecule has 1 saturated heterocycles. The molecule has 33 heavy (non-hydrogen) atoms. The molecule has 8 heteroatoms. The first kappa shape index (κ1) is 23.4. The summed E-state index contributed by atoms with van der Waals surface area (Å²) in [5, 5.41) is 0. The Labute approximate surface area is 192 Å². The standard InChI is InChI=1S/C25H29F3N2O3/c26-25(27,28)19-7-9-21(10-8-19)32-22-11-13-23(14-12-22)33-24(31)30-17-15-29(16-18-30)20-5-3-1-2-4-6-20/h7-14,20H,1-6,15-18H2. The number of alkyl halides is 3. The Kier molecular flexibility index (Phi) is 7.42. The lowest BCUT2D eigenvalue weighted by Crippen LogP contribution is -2.52. The molecule has 5 nitrogen and oxygen atoms in total. The van der Waals surface area contributed by atoms with E-state index in [1.54, 1.807) is 29.2 Å². The fourth-order valence-electron chi connectivity index (χ4n) is 4.48. The zero-order valence-corrected chi connectivity index (χ0v) is 18.5. The van der Waals surface area contributed by atoms with Crippen molar-refractivity contribution in [1.82, 2.24) is 9.80 Å². The number of hydrogen-bond donors (Lipinski definition) is 0. The van der Waals surface area contributed by atoms with Crippen molar-refractivity contribution in [2.75, 3.05) is 26.2 Å². The number of amides is 1. The third kappa shape index (κ3) is 6.41. The van der Waals surface area contributed by atoms with Crippen LogP contribution in [0, 0.1) is 0 Å². The quantitative estimate of drug-likeness (QED) is 0.498. The maximum Gasteiger partial charge on any atom is 0.416 e. The maximum atomic E-state index is 12.7. The van der Waals surface area contributed by atoms with Gasteiger partial charge < -0.3 is 14.4 Å². The van der Waals surface area contributed by atoms with Crippen molar-refractivity contribution in [1.29, 1.82) is 0 Å². The SMILES string of the molecule is O=C(Oc1ccc(Oc2ccc(C(F)(F)F)cc2)cc1)N1CCN(C2CCCCCC2)CC1. The topological polar surface area (TPSA) is 42.0 Å². The molecular weight excluding hydrogens is 433 g/mol. The van der Waals surface area contributed by atoms with Gasteiger partial charge in [0.25, 0.3) is 0 Å². The molecule has 2 aromatic rings. The van der Waals surface area contributed by atoms with Crippen molar-refractivity contribution in [3.05, 3.63) is 54.1 Å². The fraction of sp³-hybridized carbons (Fsp3) is 0.480. The van der Waals surface area contributed by atoms with Gasteiger partial charge in [-0.25, -0.2) is 4.79 Å². The summed E-state index contributed by atoms with van der Waals surface area (Å²) in [6.45, 7) is 3.06. The molecular formula is C25H29F3N2O3. The normalized spacial score (nSPS) is 18.6. The summed E-state index contributed by atoms with van der Waals surface area (Å²) in [6, 6.07) is 11.6. The lowest BCUT2D eigenvalue weighted by Gasteiger charge is -2.38. The zero-order chi connectivity index (χ0) is 23.3. The Morgan fingerprint density at radius 2 is 1.27 bits per heavy atom. The van der Waals surface area contributed by atoms with Gasteiger partial charge in [-0.3, -0.25) is 4.90 Å². The molecule has 0 aromatic heterocycles. The summed E-state index contributed by atoms with van der Waals surface area (Å²) >= 11 is 0. The molecule has 0 radical (unpaired) electrons. The van der Waals surface area contributed by atoms with Gasteiger partial charge in [-0.2, -0.15) is 13.2 Å². The summed E-state index contributed by atoms with van der Waals surface area (Å²) in [6.07, 6.45) is 3.01. The van der Waals surface area contributed by atoms with Crippen LogP contribution < -0.4 is 9.47 Å². The Morgan fingerprint density at radius 3 is 1.82 bits per heavy atom. The van der Waals surface area contributed by atoms with Gasteiger partial charge >= 0.3 is 12.3 Å². The van der Waals surface area contributed by atoms with Crippen LogP contribution in [0.25, 0.3) is 0 Å². The van der Waals surface area contributed by atoms with E-state index < -0.39 is 11.7 Å². The van der Waals surface area contributed by atoms with Crippen LogP contribution in [0.15, 0.2) is 48.5 Å². The van der Waals surface area contributed by atoms with Crippen LogP contribution in [-0.2, 0) is 6.18 Å². The molecule has 0 bridgehead atoms. The first-order valence-electron chi connectivity index (χ1n) is 11.5. The van der Waals surface area contributed by atoms with Crippen molar-refractivity contribution < 1.29 is 27.4 Å². The summed E-state index contributed by atoms with van der Waals surface area (Å²) < 4.78 is 49.1. The number of piperazine rings is 1. The van der Waals surface area contributed by atoms with E-state index >= 15 is 0 Å². The van der Waals surface area contributed by atoms with E-state index in [9.17, 15) is 18.0 Å². The van der Waals surface area contributed by atoms with Gasteiger partial charge in [0.2, 0.25) is 0 Å². The molecule has 4 rings (SSSR count). The number of hydrogen-bond acceptors (Lipinski definition) is 4. The van der Waals surface area contributed by atoms with Crippen LogP contribution >= 0.6 is 0 Å². The van der Waals surface area contributed by atoms with Crippen LogP contribution in [0.5, 0.6) is 17.2 Å². The second-order valence-electron chi connectivity index (χ2n) is 8.63. The zero-order valence-electron chi connectivity index (χ0n) is 18.5. The maximum absolute atomic E-state index is 12.7. The van der Waals surface area contributed by atoms with Gasteiger partial charge in [0, 0.05) is 32.2 Å². The molecule has 1 saturated carbocycles. The molecule has 0 atom stereocenters. The van der Waals surface area contributed by atoms with E-state index in [1.807, 2.05) is 0 Å². The van der Waals surface area contributed by atoms with Gasteiger partial charge in [-0.1, -0.05) is 25.7 Å². The highest BCUT2D eigenvalue weighted by Gasteiger charge is 2.30. The highest BCUT2D eigenvalue weighted by atomic mass is 19.4. The van der Waals surface area contributed by atoms with Crippen molar-refractivity contribution in [3.8, 4) is 17.2 Å². The van der Waals surface area contributed by atoms with E-state index in [1.165, 1.54) is 50.7 Å². The average molecular weight is 463 g/mol. The van der Waals surface area contributed by atoms with E-state index in [2.05, 4.69) is 4.90 Å². The highest BCUT2D eigenvalue weighted by Crippen LogP contribution is 2.32. The van der Waals surface area contributed by atoms with Crippen LogP contribution in [0.3, 0.4) is 0 Å². The predicted molar refractivity (Wildman–Crippen MR) is 119 cm³/mol. The number of halogens is 3. The van der Waals surface area contributed by atoms with E-state index in [-0.39, 0.29) is 6.09 Å².